The van der Waals surface area contributed by atoms with E-state index in [-0.39, 0.29) is 11.7 Å². The van der Waals surface area contributed by atoms with Gasteiger partial charge < -0.3 is 10.1 Å². The van der Waals surface area contributed by atoms with Crippen molar-refractivity contribution in [1.82, 2.24) is 0 Å². The van der Waals surface area contributed by atoms with Crippen LogP contribution in [0.1, 0.15) is 22.3 Å². The van der Waals surface area contributed by atoms with Crippen LogP contribution in [0.2, 0.25) is 5.02 Å². The van der Waals surface area contributed by atoms with Gasteiger partial charge in [-0.15, -0.1) is 0 Å². The molecule has 0 saturated carbocycles. The predicted octanol–water partition coefficient (Wildman–Crippen LogP) is 4.71. The van der Waals surface area contributed by atoms with Crippen LogP contribution in [-0.4, -0.2) is 26.6 Å². The van der Waals surface area contributed by atoms with E-state index in [9.17, 15) is 13.2 Å². The lowest BCUT2D eigenvalue weighted by molar-refractivity contribution is 0.102. The standard InChI is InChI=1S/C23H21ClN2O4S/c24-18-11-9-17(10-12-18)16-30-22-8-2-1-7-21(22)23(27)25-19-5-3-6-20(15-19)26-13-4-14-31(26,28)29/h1-3,5-12,15H,4,13-14,16H2,(H,25,27). The fraction of sp³-hybridized carbons (Fsp3) is 0.174. The number of halogens is 1. The number of nitrogens with one attached hydrogen (secondary N) is 1. The summed E-state index contributed by atoms with van der Waals surface area (Å²) in [6, 6.07) is 21.1. The molecule has 6 nitrogen and oxygen atoms in total. The number of amides is 1. The molecule has 4 rings (SSSR count). The van der Waals surface area contributed by atoms with Gasteiger partial charge >= 0.3 is 0 Å². The number of ether oxygens (including phenoxy) is 1. The average Bonchev–Trinajstić information content (AvgIpc) is 3.12. The molecule has 0 radical (unpaired) electrons. The van der Waals surface area contributed by atoms with E-state index >= 15 is 0 Å². The van der Waals surface area contributed by atoms with Gasteiger partial charge in [0.1, 0.15) is 12.4 Å². The molecule has 3 aromatic rings. The molecule has 0 aromatic heterocycles. The summed E-state index contributed by atoms with van der Waals surface area (Å²) in [7, 11) is -3.29. The maximum absolute atomic E-state index is 12.9. The van der Waals surface area contributed by atoms with Crippen molar-refractivity contribution in [2.75, 3.05) is 21.9 Å². The number of para-hydroxylation sites is 1. The van der Waals surface area contributed by atoms with Crippen LogP contribution in [0.15, 0.2) is 72.8 Å². The molecule has 1 aliphatic rings. The molecule has 160 valence electrons. The quantitative estimate of drug-likeness (QED) is 0.582. The van der Waals surface area contributed by atoms with E-state index in [1.165, 1.54) is 4.31 Å². The number of anilines is 2. The molecule has 0 spiro atoms. The summed E-state index contributed by atoms with van der Waals surface area (Å²) >= 11 is 5.91. The van der Waals surface area contributed by atoms with Gasteiger partial charge in [0.25, 0.3) is 5.91 Å². The Bertz CT molecular complexity index is 1200. The third kappa shape index (κ3) is 5.00. The summed E-state index contributed by atoms with van der Waals surface area (Å²) in [5, 5.41) is 3.48. The fourth-order valence-corrected chi connectivity index (χ4v) is 5.07. The normalized spacial score (nSPS) is 14.9. The van der Waals surface area contributed by atoms with Crippen molar-refractivity contribution in [3.63, 3.8) is 0 Å². The highest BCUT2D eigenvalue weighted by molar-refractivity contribution is 7.93. The molecule has 0 aliphatic carbocycles. The molecular formula is C23H21ClN2O4S. The Balaban J connectivity index is 1.49. The number of sulfonamides is 1. The Hall–Kier alpha value is -3.03. The lowest BCUT2D eigenvalue weighted by atomic mass is 10.1. The van der Waals surface area contributed by atoms with E-state index in [0.717, 1.165) is 5.56 Å². The molecule has 0 unspecified atom stereocenters. The largest absolute Gasteiger partial charge is 0.488 e. The van der Waals surface area contributed by atoms with E-state index in [2.05, 4.69) is 5.32 Å². The van der Waals surface area contributed by atoms with Crippen LogP contribution in [0.5, 0.6) is 5.75 Å². The second kappa shape index (κ2) is 8.99. The van der Waals surface area contributed by atoms with Gasteiger partial charge in [-0.25, -0.2) is 8.42 Å². The van der Waals surface area contributed by atoms with Gasteiger partial charge in [0.2, 0.25) is 10.0 Å². The van der Waals surface area contributed by atoms with Crippen LogP contribution in [0.3, 0.4) is 0 Å². The molecule has 1 aliphatic heterocycles. The molecule has 0 bridgehead atoms. The predicted molar refractivity (Wildman–Crippen MR) is 122 cm³/mol. The first-order valence-corrected chi connectivity index (χ1v) is 11.8. The monoisotopic (exact) mass is 456 g/mol. The van der Waals surface area contributed by atoms with Crippen molar-refractivity contribution in [3.8, 4) is 5.75 Å². The summed E-state index contributed by atoms with van der Waals surface area (Å²) in [6.07, 6.45) is 0.594. The number of hydrogen-bond acceptors (Lipinski definition) is 4. The van der Waals surface area contributed by atoms with E-state index in [0.29, 0.717) is 47.3 Å². The Kier molecular flexibility index (Phi) is 6.15. The van der Waals surface area contributed by atoms with Crippen molar-refractivity contribution >= 4 is 38.9 Å². The molecule has 0 atom stereocenters. The Morgan fingerprint density at radius 2 is 1.81 bits per heavy atom. The molecule has 31 heavy (non-hydrogen) atoms. The smallest absolute Gasteiger partial charge is 0.259 e. The molecule has 1 heterocycles. The highest BCUT2D eigenvalue weighted by Gasteiger charge is 2.28. The number of benzene rings is 3. The van der Waals surface area contributed by atoms with Gasteiger partial charge in [0.15, 0.2) is 0 Å². The maximum Gasteiger partial charge on any atom is 0.259 e. The second-order valence-electron chi connectivity index (χ2n) is 7.16. The van der Waals surface area contributed by atoms with E-state index in [1.807, 2.05) is 12.1 Å². The molecule has 8 heteroatoms. The number of carbonyl (C=O) groups excluding carboxylic acids is 1. The van der Waals surface area contributed by atoms with Crippen LogP contribution in [-0.2, 0) is 16.6 Å². The zero-order chi connectivity index (χ0) is 21.8. The van der Waals surface area contributed by atoms with Gasteiger partial charge in [-0.1, -0.05) is 41.9 Å². The average molecular weight is 457 g/mol. The molecule has 3 aromatic carbocycles. The van der Waals surface area contributed by atoms with Crippen molar-refractivity contribution in [1.29, 1.82) is 0 Å². The van der Waals surface area contributed by atoms with E-state index < -0.39 is 10.0 Å². The number of carbonyl (C=O) groups is 1. The first-order chi connectivity index (χ1) is 14.9. The molecule has 1 saturated heterocycles. The van der Waals surface area contributed by atoms with Gasteiger partial charge in [-0.3, -0.25) is 9.10 Å². The van der Waals surface area contributed by atoms with Crippen molar-refractivity contribution in [2.45, 2.75) is 13.0 Å². The summed E-state index contributed by atoms with van der Waals surface area (Å²) in [5.41, 5.74) is 2.37. The number of nitrogens with zero attached hydrogens (tertiary/aromatic N) is 1. The zero-order valence-corrected chi connectivity index (χ0v) is 18.2. The van der Waals surface area contributed by atoms with Crippen molar-refractivity contribution < 1.29 is 17.9 Å². The van der Waals surface area contributed by atoms with Crippen LogP contribution in [0.4, 0.5) is 11.4 Å². The van der Waals surface area contributed by atoms with Crippen molar-refractivity contribution in [2.24, 2.45) is 0 Å². The summed E-state index contributed by atoms with van der Waals surface area (Å²) in [5.74, 6) is 0.253. The third-order valence-electron chi connectivity index (χ3n) is 4.93. The van der Waals surface area contributed by atoms with Crippen LogP contribution >= 0.6 is 11.6 Å². The number of hydrogen-bond donors (Lipinski definition) is 1. The topological polar surface area (TPSA) is 75.7 Å². The Morgan fingerprint density at radius 3 is 2.55 bits per heavy atom. The fourth-order valence-electron chi connectivity index (χ4n) is 3.39. The van der Waals surface area contributed by atoms with Gasteiger partial charge in [0.05, 0.1) is 17.0 Å². The highest BCUT2D eigenvalue weighted by Crippen LogP contribution is 2.27. The summed E-state index contributed by atoms with van der Waals surface area (Å²) in [6.45, 7) is 0.741. The summed E-state index contributed by atoms with van der Waals surface area (Å²) < 4.78 is 31.6. The summed E-state index contributed by atoms with van der Waals surface area (Å²) in [4.78, 5) is 12.9. The van der Waals surface area contributed by atoms with Crippen molar-refractivity contribution in [3.05, 3.63) is 88.9 Å². The number of rotatable bonds is 6. The van der Waals surface area contributed by atoms with Gasteiger partial charge in [-0.2, -0.15) is 0 Å². The minimum absolute atomic E-state index is 0.141. The zero-order valence-electron chi connectivity index (χ0n) is 16.6. The van der Waals surface area contributed by atoms with Crippen LogP contribution < -0.4 is 14.4 Å². The minimum atomic E-state index is -3.29. The lowest BCUT2D eigenvalue weighted by Crippen LogP contribution is -2.25. The first-order valence-electron chi connectivity index (χ1n) is 9.80. The lowest BCUT2D eigenvalue weighted by Gasteiger charge is -2.18. The third-order valence-corrected chi connectivity index (χ3v) is 7.05. The Labute approximate surface area is 186 Å². The molecular weight excluding hydrogens is 436 g/mol. The minimum Gasteiger partial charge on any atom is -0.488 e. The molecule has 1 fully saturated rings. The van der Waals surface area contributed by atoms with E-state index in [4.69, 9.17) is 16.3 Å². The van der Waals surface area contributed by atoms with Crippen LogP contribution in [0.25, 0.3) is 0 Å². The SMILES string of the molecule is O=C(Nc1cccc(N2CCCS2(=O)=O)c1)c1ccccc1OCc1ccc(Cl)cc1. The Morgan fingerprint density at radius 1 is 1.03 bits per heavy atom. The van der Waals surface area contributed by atoms with E-state index in [1.54, 1.807) is 60.7 Å². The first kappa shape index (κ1) is 21.2. The van der Waals surface area contributed by atoms with Gasteiger partial charge in [0, 0.05) is 17.3 Å². The van der Waals surface area contributed by atoms with Crippen LogP contribution in [0, 0.1) is 0 Å². The van der Waals surface area contributed by atoms with Gasteiger partial charge in [-0.05, 0) is 54.4 Å². The highest BCUT2D eigenvalue weighted by atomic mass is 35.5. The molecule has 1 N–H and O–H groups in total. The molecule has 1 amide bonds. The maximum atomic E-state index is 12.9. The second-order valence-corrected chi connectivity index (χ2v) is 9.61.